The SMILES string of the molecule is CC(C)(C)N1C[C@H](O)[C@@H](O)[C@H](O)[C@H]1CO. The third kappa shape index (κ3) is 2.49. The molecule has 0 amide bonds. The zero-order chi connectivity index (χ0) is 11.8. The Morgan fingerprint density at radius 3 is 2.07 bits per heavy atom. The molecule has 0 unspecified atom stereocenters. The predicted molar refractivity (Wildman–Crippen MR) is 55.4 cm³/mol. The van der Waals surface area contributed by atoms with E-state index in [4.69, 9.17) is 0 Å². The maximum absolute atomic E-state index is 9.73. The number of aliphatic hydroxyl groups is 4. The summed E-state index contributed by atoms with van der Waals surface area (Å²) in [7, 11) is 0. The average molecular weight is 219 g/mol. The molecule has 1 heterocycles. The lowest BCUT2D eigenvalue weighted by Gasteiger charge is -2.49. The minimum atomic E-state index is -1.18. The predicted octanol–water partition coefficient (Wildman–Crippen LogP) is -1.46. The van der Waals surface area contributed by atoms with Crippen LogP contribution in [-0.2, 0) is 0 Å². The summed E-state index contributed by atoms with van der Waals surface area (Å²) in [6, 6.07) is -0.525. The second-order valence-electron chi connectivity index (χ2n) is 5.12. The molecule has 5 nitrogen and oxygen atoms in total. The van der Waals surface area contributed by atoms with Crippen molar-refractivity contribution < 1.29 is 20.4 Å². The van der Waals surface area contributed by atoms with Gasteiger partial charge in [-0.2, -0.15) is 0 Å². The van der Waals surface area contributed by atoms with Crippen molar-refractivity contribution in [3.8, 4) is 0 Å². The highest BCUT2D eigenvalue weighted by molar-refractivity contribution is 4.98. The Morgan fingerprint density at radius 1 is 1.13 bits per heavy atom. The Balaban J connectivity index is 2.87. The summed E-state index contributed by atoms with van der Waals surface area (Å²) in [6.45, 7) is 5.83. The number of piperidine rings is 1. The highest BCUT2D eigenvalue weighted by Gasteiger charge is 2.44. The Morgan fingerprint density at radius 2 is 1.67 bits per heavy atom. The molecule has 1 fully saturated rings. The van der Waals surface area contributed by atoms with Crippen molar-refractivity contribution in [2.45, 2.75) is 50.7 Å². The molecule has 0 aromatic carbocycles. The summed E-state index contributed by atoms with van der Waals surface area (Å²) in [4.78, 5) is 1.81. The average Bonchev–Trinajstić information content (AvgIpc) is 2.12. The monoisotopic (exact) mass is 219 g/mol. The summed E-state index contributed by atoms with van der Waals surface area (Å²) in [5.74, 6) is 0. The topological polar surface area (TPSA) is 84.2 Å². The third-order valence-corrected chi connectivity index (χ3v) is 2.97. The largest absolute Gasteiger partial charge is 0.395 e. The van der Waals surface area contributed by atoms with Crippen LogP contribution >= 0.6 is 0 Å². The van der Waals surface area contributed by atoms with E-state index in [1.807, 2.05) is 25.7 Å². The summed E-state index contributed by atoms with van der Waals surface area (Å²) in [6.07, 6.45) is -3.26. The number of nitrogens with zero attached hydrogens (tertiary/aromatic N) is 1. The Hall–Kier alpha value is -0.200. The fourth-order valence-electron chi connectivity index (χ4n) is 2.06. The van der Waals surface area contributed by atoms with Gasteiger partial charge in [0.05, 0.1) is 18.8 Å². The van der Waals surface area contributed by atoms with Crippen molar-refractivity contribution in [2.24, 2.45) is 0 Å². The first-order valence-electron chi connectivity index (χ1n) is 5.21. The first-order chi connectivity index (χ1) is 6.79. The lowest BCUT2D eigenvalue weighted by Crippen LogP contribution is -2.66. The van der Waals surface area contributed by atoms with Crippen LogP contribution in [0.3, 0.4) is 0 Å². The van der Waals surface area contributed by atoms with Gasteiger partial charge in [0.2, 0.25) is 0 Å². The molecule has 90 valence electrons. The van der Waals surface area contributed by atoms with E-state index in [9.17, 15) is 20.4 Å². The van der Waals surface area contributed by atoms with E-state index in [1.54, 1.807) is 0 Å². The second-order valence-corrected chi connectivity index (χ2v) is 5.12. The quantitative estimate of drug-likeness (QED) is 0.433. The molecule has 4 N–H and O–H groups in total. The van der Waals surface area contributed by atoms with E-state index >= 15 is 0 Å². The molecule has 5 heteroatoms. The second kappa shape index (κ2) is 4.35. The van der Waals surface area contributed by atoms with Crippen LogP contribution < -0.4 is 0 Å². The first kappa shape index (κ1) is 12.9. The highest BCUT2D eigenvalue weighted by atomic mass is 16.4. The molecule has 1 rings (SSSR count). The van der Waals surface area contributed by atoms with Crippen molar-refractivity contribution in [3.63, 3.8) is 0 Å². The molecule has 0 saturated carbocycles. The number of hydrogen-bond donors (Lipinski definition) is 4. The highest BCUT2D eigenvalue weighted by Crippen LogP contribution is 2.26. The number of likely N-dealkylation sites (tertiary alicyclic amines) is 1. The van der Waals surface area contributed by atoms with Crippen LogP contribution in [-0.4, -0.2) is 68.4 Å². The van der Waals surface area contributed by atoms with Crippen molar-refractivity contribution in [1.82, 2.24) is 4.90 Å². The van der Waals surface area contributed by atoms with Gasteiger partial charge in [0.25, 0.3) is 0 Å². The Labute approximate surface area is 90.0 Å². The minimum absolute atomic E-state index is 0.234. The molecule has 0 aromatic rings. The zero-order valence-corrected chi connectivity index (χ0v) is 9.46. The summed E-state index contributed by atoms with van der Waals surface area (Å²) >= 11 is 0. The van der Waals surface area contributed by atoms with Crippen LogP contribution in [0.2, 0.25) is 0 Å². The van der Waals surface area contributed by atoms with Gasteiger partial charge in [-0.3, -0.25) is 4.90 Å². The van der Waals surface area contributed by atoms with Crippen LogP contribution in [0.1, 0.15) is 20.8 Å². The van der Waals surface area contributed by atoms with Gasteiger partial charge >= 0.3 is 0 Å². The molecule has 1 aliphatic heterocycles. The molecule has 1 saturated heterocycles. The number of β-amino-alcohol motifs (C(OH)–C–C–N with tert-alkyl or cyclic N) is 1. The Kier molecular flexibility index (Phi) is 3.73. The fraction of sp³-hybridized carbons (Fsp3) is 1.00. The van der Waals surface area contributed by atoms with Gasteiger partial charge in [-0.25, -0.2) is 0 Å². The number of hydrogen-bond acceptors (Lipinski definition) is 5. The number of aliphatic hydroxyl groups excluding tert-OH is 4. The maximum Gasteiger partial charge on any atom is 0.109 e. The molecule has 0 bridgehead atoms. The van der Waals surface area contributed by atoms with Crippen LogP contribution in [0.5, 0.6) is 0 Å². The Bertz CT molecular complexity index is 216. The van der Waals surface area contributed by atoms with E-state index in [1.165, 1.54) is 0 Å². The molecule has 1 aliphatic rings. The van der Waals surface area contributed by atoms with Gasteiger partial charge < -0.3 is 20.4 Å². The van der Waals surface area contributed by atoms with Gasteiger partial charge in [-0.1, -0.05) is 0 Å². The molecule has 0 spiro atoms. The van der Waals surface area contributed by atoms with Gasteiger partial charge in [0.15, 0.2) is 0 Å². The molecule has 0 aliphatic carbocycles. The zero-order valence-electron chi connectivity index (χ0n) is 9.46. The van der Waals surface area contributed by atoms with E-state index in [0.717, 1.165) is 0 Å². The van der Waals surface area contributed by atoms with Crippen molar-refractivity contribution in [3.05, 3.63) is 0 Å². The van der Waals surface area contributed by atoms with Gasteiger partial charge in [-0.05, 0) is 20.8 Å². The molecular formula is C10H21NO4. The molecular weight excluding hydrogens is 198 g/mol. The molecule has 0 aromatic heterocycles. The summed E-state index contributed by atoms with van der Waals surface area (Å²) in [5.41, 5.74) is -0.268. The third-order valence-electron chi connectivity index (χ3n) is 2.97. The van der Waals surface area contributed by atoms with E-state index in [0.29, 0.717) is 0 Å². The van der Waals surface area contributed by atoms with Gasteiger partial charge in [-0.15, -0.1) is 0 Å². The van der Waals surface area contributed by atoms with E-state index in [-0.39, 0.29) is 18.7 Å². The fourth-order valence-corrected chi connectivity index (χ4v) is 2.06. The smallest absolute Gasteiger partial charge is 0.109 e. The van der Waals surface area contributed by atoms with Crippen LogP contribution in [0.4, 0.5) is 0 Å². The number of rotatable bonds is 1. The van der Waals surface area contributed by atoms with E-state index in [2.05, 4.69) is 0 Å². The van der Waals surface area contributed by atoms with Crippen LogP contribution in [0.25, 0.3) is 0 Å². The van der Waals surface area contributed by atoms with E-state index < -0.39 is 24.4 Å². The van der Waals surface area contributed by atoms with Crippen molar-refractivity contribution >= 4 is 0 Å². The first-order valence-corrected chi connectivity index (χ1v) is 5.21. The lowest BCUT2D eigenvalue weighted by atomic mass is 9.89. The normalized spacial score (nSPS) is 39.4. The van der Waals surface area contributed by atoms with Gasteiger partial charge in [0, 0.05) is 12.1 Å². The summed E-state index contributed by atoms with van der Waals surface area (Å²) in [5, 5.41) is 38.0. The minimum Gasteiger partial charge on any atom is -0.395 e. The summed E-state index contributed by atoms with van der Waals surface area (Å²) < 4.78 is 0. The van der Waals surface area contributed by atoms with Crippen molar-refractivity contribution in [2.75, 3.05) is 13.2 Å². The standard InChI is InChI=1S/C10H21NO4/c1-10(2,3)11-4-7(13)9(15)8(14)6(11)5-12/h6-9,12-15H,4-5H2,1-3H3/t6-,7+,8-,9-/m1/s1. The van der Waals surface area contributed by atoms with Crippen LogP contribution in [0.15, 0.2) is 0 Å². The lowest BCUT2D eigenvalue weighted by molar-refractivity contribution is -0.163. The van der Waals surface area contributed by atoms with Gasteiger partial charge in [0.1, 0.15) is 12.2 Å². The molecule has 0 radical (unpaired) electrons. The maximum atomic E-state index is 9.73. The molecule has 15 heavy (non-hydrogen) atoms. The van der Waals surface area contributed by atoms with Crippen molar-refractivity contribution in [1.29, 1.82) is 0 Å². The molecule has 4 atom stereocenters. The van der Waals surface area contributed by atoms with Crippen LogP contribution in [0, 0.1) is 0 Å².